The molecule has 8 nitrogen and oxygen atoms in total. The number of ether oxygens (including phenoxy) is 3. The minimum absolute atomic E-state index is 0.146. The molecule has 1 N–H and O–H groups in total. The number of benzene rings is 2. The van der Waals surface area contributed by atoms with Gasteiger partial charge >= 0.3 is 0 Å². The number of nitrogens with one attached hydrogen (secondary N) is 1. The Morgan fingerprint density at radius 3 is 2.39 bits per heavy atom. The number of methoxy groups -OCH3 is 3. The molecule has 1 aromatic heterocycles. The number of aromatic nitrogens is 3. The Morgan fingerprint density at radius 2 is 1.81 bits per heavy atom. The van der Waals surface area contributed by atoms with Gasteiger partial charge in [-0.25, -0.2) is 0 Å². The summed E-state index contributed by atoms with van der Waals surface area (Å²) < 4.78 is 18.8. The van der Waals surface area contributed by atoms with Crippen molar-refractivity contribution in [2.24, 2.45) is 7.05 Å². The van der Waals surface area contributed by atoms with Crippen LogP contribution in [0.2, 0.25) is 5.02 Å². The van der Waals surface area contributed by atoms with Crippen molar-refractivity contribution in [1.29, 1.82) is 0 Å². The first-order chi connectivity index (χ1) is 14.9. The highest BCUT2D eigenvalue weighted by molar-refractivity contribution is 9.10. The number of anilines is 1. The normalized spacial score (nSPS) is 10.6. The van der Waals surface area contributed by atoms with E-state index in [2.05, 4.69) is 31.4 Å². The van der Waals surface area contributed by atoms with Gasteiger partial charge in [-0.2, -0.15) is 0 Å². The summed E-state index contributed by atoms with van der Waals surface area (Å²) in [5.41, 5.74) is 1.29. The number of carbonyl (C=O) groups is 1. The molecule has 1 heterocycles. The fourth-order valence-corrected chi connectivity index (χ4v) is 4.24. The minimum Gasteiger partial charge on any atom is -0.493 e. The molecule has 0 fully saturated rings. The van der Waals surface area contributed by atoms with E-state index >= 15 is 0 Å². The quantitative estimate of drug-likeness (QED) is 0.427. The van der Waals surface area contributed by atoms with E-state index in [-0.39, 0.29) is 11.7 Å². The molecule has 0 aliphatic heterocycles. The summed E-state index contributed by atoms with van der Waals surface area (Å²) in [6.45, 7) is 0. The third kappa shape index (κ3) is 5.25. The average Bonchev–Trinajstić information content (AvgIpc) is 3.13. The van der Waals surface area contributed by atoms with Crippen molar-refractivity contribution in [1.82, 2.24) is 14.8 Å². The number of rotatable bonds is 8. The Bertz CT molecular complexity index is 1080. The van der Waals surface area contributed by atoms with E-state index in [9.17, 15) is 4.79 Å². The largest absolute Gasteiger partial charge is 0.493 e. The molecule has 0 bridgehead atoms. The molecule has 0 aliphatic carbocycles. The second-order valence-electron chi connectivity index (χ2n) is 6.24. The van der Waals surface area contributed by atoms with E-state index in [1.165, 1.54) is 11.8 Å². The van der Waals surface area contributed by atoms with Gasteiger partial charge in [0.15, 0.2) is 22.5 Å². The number of hydrogen-bond acceptors (Lipinski definition) is 7. The highest BCUT2D eigenvalue weighted by Gasteiger charge is 2.19. The Kier molecular flexibility index (Phi) is 7.69. The van der Waals surface area contributed by atoms with Gasteiger partial charge in [0.05, 0.1) is 37.8 Å². The lowest BCUT2D eigenvalue weighted by Gasteiger charge is -2.14. The first kappa shape index (κ1) is 23.2. The molecule has 2 aromatic carbocycles. The molecule has 164 valence electrons. The number of nitrogens with zero attached hydrogens (tertiary/aromatic N) is 3. The second-order valence-corrected chi connectivity index (χ2v) is 8.51. The number of thioether (sulfide) groups is 1. The van der Waals surface area contributed by atoms with Crippen LogP contribution < -0.4 is 19.5 Å². The molecule has 0 unspecified atom stereocenters. The summed E-state index contributed by atoms with van der Waals surface area (Å²) in [5, 5.41) is 12.3. The van der Waals surface area contributed by atoms with Gasteiger partial charge in [-0.3, -0.25) is 4.79 Å². The van der Waals surface area contributed by atoms with Crippen LogP contribution in [0.1, 0.15) is 0 Å². The van der Waals surface area contributed by atoms with E-state index in [4.69, 9.17) is 25.8 Å². The Hall–Kier alpha value is -2.43. The first-order valence-electron chi connectivity index (χ1n) is 8.95. The lowest BCUT2D eigenvalue weighted by Crippen LogP contribution is -2.14. The highest BCUT2D eigenvalue weighted by atomic mass is 79.9. The maximum Gasteiger partial charge on any atom is 0.234 e. The predicted molar refractivity (Wildman–Crippen MR) is 125 cm³/mol. The Morgan fingerprint density at radius 1 is 1.13 bits per heavy atom. The van der Waals surface area contributed by atoms with E-state index in [1.807, 2.05) is 7.05 Å². The van der Waals surface area contributed by atoms with Crippen LogP contribution >= 0.6 is 39.3 Å². The third-order valence-corrected chi connectivity index (χ3v) is 6.12. The third-order valence-electron chi connectivity index (χ3n) is 4.30. The molecule has 3 aromatic rings. The zero-order valence-electron chi connectivity index (χ0n) is 17.2. The molecule has 0 aliphatic rings. The average molecular weight is 528 g/mol. The summed E-state index contributed by atoms with van der Waals surface area (Å²) in [5.74, 6) is 2.06. The van der Waals surface area contributed by atoms with Crippen LogP contribution in [0.5, 0.6) is 17.2 Å². The Balaban J connectivity index is 1.75. The van der Waals surface area contributed by atoms with Crippen LogP contribution in [0.15, 0.2) is 40.0 Å². The predicted octanol–water partition coefficient (Wildman–Crippen LogP) is 4.65. The van der Waals surface area contributed by atoms with E-state index < -0.39 is 0 Å². The Labute approximate surface area is 197 Å². The molecule has 31 heavy (non-hydrogen) atoms. The van der Waals surface area contributed by atoms with Crippen molar-refractivity contribution in [3.05, 3.63) is 39.8 Å². The summed E-state index contributed by atoms with van der Waals surface area (Å²) in [7, 11) is 6.47. The van der Waals surface area contributed by atoms with Crippen molar-refractivity contribution in [3.63, 3.8) is 0 Å². The monoisotopic (exact) mass is 526 g/mol. The molecular formula is C20H20BrClN4O4S. The van der Waals surface area contributed by atoms with Crippen molar-refractivity contribution in [3.8, 4) is 28.6 Å². The van der Waals surface area contributed by atoms with Gasteiger partial charge in [0.2, 0.25) is 11.7 Å². The molecule has 3 rings (SSSR count). The molecule has 0 saturated carbocycles. The number of amides is 1. The molecule has 0 atom stereocenters. The van der Waals surface area contributed by atoms with Gasteiger partial charge < -0.3 is 24.1 Å². The number of halogens is 2. The fourth-order valence-electron chi connectivity index (χ4n) is 2.81. The molecular weight excluding hydrogens is 508 g/mol. The standard InChI is InChI=1S/C20H20BrClN4O4S/c1-26-19(11-7-15(28-2)18(30-4)16(8-11)29-3)24-25-20(26)31-10-17(27)23-14-6-5-12(21)9-13(14)22/h5-9H,10H2,1-4H3,(H,23,27). The minimum atomic E-state index is -0.202. The highest BCUT2D eigenvalue weighted by Crippen LogP contribution is 2.41. The van der Waals surface area contributed by atoms with E-state index in [1.54, 1.807) is 56.2 Å². The van der Waals surface area contributed by atoms with Crippen LogP contribution in [-0.4, -0.2) is 47.8 Å². The maximum absolute atomic E-state index is 12.3. The topological polar surface area (TPSA) is 87.5 Å². The second kappa shape index (κ2) is 10.3. The van der Waals surface area contributed by atoms with Gasteiger partial charge in [0.1, 0.15) is 0 Å². The van der Waals surface area contributed by atoms with Gasteiger partial charge in [-0.05, 0) is 30.3 Å². The van der Waals surface area contributed by atoms with Crippen molar-refractivity contribution < 1.29 is 19.0 Å². The molecule has 11 heteroatoms. The molecule has 1 amide bonds. The van der Waals surface area contributed by atoms with Gasteiger partial charge in [-0.15, -0.1) is 10.2 Å². The maximum atomic E-state index is 12.3. The first-order valence-corrected chi connectivity index (χ1v) is 11.1. The zero-order valence-corrected chi connectivity index (χ0v) is 20.4. The van der Waals surface area contributed by atoms with Gasteiger partial charge in [0.25, 0.3) is 0 Å². The zero-order chi connectivity index (χ0) is 22.5. The van der Waals surface area contributed by atoms with Crippen LogP contribution in [0.4, 0.5) is 5.69 Å². The van der Waals surface area contributed by atoms with Gasteiger partial charge in [0, 0.05) is 17.1 Å². The summed E-state index contributed by atoms with van der Waals surface area (Å²) in [6.07, 6.45) is 0. The van der Waals surface area contributed by atoms with E-state index in [0.717, 1.165) is 10.0 Å². The SMILES string of the molecule is COc1cc(-c2nnc(SCC(=O)Nc3ccc(Br)cc3Cl)n2C)cc(OC)c1OC. The van der Waals surface area contributed by atoms with Crippen LogP contribution in [0, 0.1) is 0 Å². The van der Waals surface area contributed by atoms with Crippen molar-refractivity contribution in [2.75, 3.05) is 32.4 Å². The van der Waals surface area contributed by atoms with Crippen molar-refractivity contribution in [2.45, 2.75) is 5.16 Å². The lowest BCUT2D eigenvalue weighted by atomic mass is 10.1. The van der Waals surface area contributed by atoms with Crippen LogP contribution in [-0.2, 0) is 11.8 Å². The van der Waals surface area contributed by atoms with E-state index in [0.29, 0.717) is 38.9 Å². The molecule has 0 saturated heterocycles. The number of carbonyl (C=O) groups excluding carboxylic acids is 1. The number of hydrogen-bond donors (Lipinski definition) is 1. The summed E-state index contributed by atoms with van der Waals surface area (Å²) in [4.78, 5) is 12.3. The summed E-state index contributed by atoms with van der Waals surface area (Å²) >= 11 is 10.8. The fraction of sp³-hybridized carbons (Fsp3) is 0.250. The summed E-state index contributed by atoms with van der Waals surface area (Å²) in [6, 6.07) is 8.85. The molecule has 0 radical (unpaired) electrons. The molecule has 0 spiro atoms. The van der Waals surface area contributed by atoms with Crippen LogP contribution in [0.25, 0.3) is 11.4 Å². The lowest BCUT2D eigenvalue weighted by molar-refractivity contribution is -0.113. The smallest absolute Gasteiger partial charge is 0.234 e. The van der Waals surface area contributed by atoms with Crippen LogP contribution in [0.3, 0.4) is 0 Å². The van der Waals surface area contributed by atoms with Crippen molar-refractivity contribution >= 4 is 50.9 Å². The van der Waals surface area contributed by atoms with Gasteiger partial charge in [-0.1, -0.05) is 39.3 Å².